The molecule has 0 aromatic heterocycles. The highest BCUT2D eigenvalue weighted by molar-refractivity contribution is 9.10. The molecule has 1 aromatic rings. The largest absolute Gasteiger partial charge is 0.493 e. The van der Waals surface area contributed by atoms with E-state index in [9.17, 15) is 0 Å². The van der Waals surface area contributed by atoms with Gasteiger partial charge in [0.05, 0.1) is 12.7 Å². The second-order valence-corrected chi connectivity index (χ2v) is 6.34. The molecule has 0 aliphatic carbocycles. The maximum Gasteiger partial charge on any atom is 0.125 e. The van der Waals surface area contributed by atoms with Gasteiger partial charge >= 0.3 is 0 Å². The second-order valence-electron chi connectivity index (χ2n) is 5.42. The van der Waals surface area contributed by atoms with Gasteiger partial charge in [-0.2, -0.15) is 0 Å². The van der Waals surface area contributed by atoms with Crippen LogP contribution in [-0.2, 0) is 17.6 Å². The quantitative estimate of drug-likeness (QED) is 0.929. The zero-order valence-electron chi connectivity index (χ0n) is 11.0. The molecule has 0 amide bonds. The summed E-state index contributed by atoms with van der Waals surface area (Å²) in [6, 6.07) is 4.34. The third kappa shape index (κ3) is 2.96. The first kappa shape index (κ1) is 13.4. The van der Waals surface area contributed by atoms with E-state index < -0.39 is 0 Å². The van der Waals surface area contributed by atoms with Gasteiger partial charge in [0, 0.05) is 23.5 Å². The molecule has 2 N–H and O–H groups in total. The molecule has 0 spiro atoms. The van der Waals surface area contributed by atoms with Crippen LogP contribution in [0, 0.1) is 0 Å². The van der Waals surface area contributed by atoms with Gasteiger partial charge in [-0.1, -0.05) is 15.9 Å². The SMILES string of the molecule is NC(Cc1cc(Br)cc2c1OCC2)C1CCCCO1. The Hall–Kier alpha value is -0.580. The van der Waals surface area contributed by atoms with E-state index in [4.69, 9.17) is 15.2 Å². The molecule has 3 rings (SSSR count). The first-order chi connectivity index (χ1) is 9.24. The summed E-state index contributed by atoms with van der Waals surface area (Å²) in [6.07, 6.45) is 5.50. The molecule has 0 radical (unpaired) electrons. The van der Waals surface area contributed by atoms with Crippen LogP contribution in [0.15, 0.2) is 16.6 Å². The standard InChI is InChI=1S/C15H20BrNO2/c16-12-7-10-4-6-19-15(10)11(8-12)9-13(17)14-3-1-2-5-18-14/h7-8,13-14H,1-6,9,17H2. The molecule has 1 aromatic carbocycles. The molecule has 2 aliphatic rings. The van der Waals surface area contributed by atoms with Gasteiger partial charge in [-0.3, -0.25) is 0 Å². The average Bonchev–Trinajstić information content (AvgIpc) is 2.88. The van der Waals surface area contributed by atoms with Gasteiger partial charge in [0.1, 0.15) is 5.75 Å². The lowest BCUT2D eigenvalue weighted by atomic mass is 9.95. The van der Waals surface area contributed by atoms with Crippen LogP contribution in [0.4, 0.5) is 0 Å². The number of halogens is 1. The molecule has 3 nitrogen and oxygen atoms in total. The molecule has 2 aliphatic heterocycles. The zero-order chi connectivity index (χ0) is 13.2. The fourth-order valence-electron chi connectivity index (χ4n) is 2.99. The molecular weight excluding hydrogens is 306 g/mol. The van der Waals surface area contributed by atoms with E-state index in [2.05, 4.69) is 28.1 Å². The summed E-state index contributed by atoms with van der Waals surface area (Å²) >= 11 is 3.57. The molecule has 2 atom stereocenters. The summed E-state index contributed by atoms with van der Waals surface area (Å²) in [5.41, 5.74) is 8.83. The fraction of sp³-hybridized carbons (Fsp3) is 0.600. The number of ether oxygens (including phenoxy) is 2. The van der Waals surface area contributed by atoms with Crippen LogP contribution in [-0.4, -0.2) is 25.4 Å². The monoisotopic (exact) mass is 325 g/mol. The van der Waals surface area contributed by atoms with E-state index in [1.165, 1.54) is 24.0 Å². The molecule has 2 heterocycles. The van der Waals surface area contributed by atoms with Crippen molar-refractivity contribution in [2.45, 2.75) is 44.2 Å². The Morgan fingerprint density at radius 3 is 3.00 bits per heavy atom. The van der Waals surface area contributed by atoms with Crippen molar-refractivity contribution >= 4 is 15.9 Å². The van der Waals surface area contributed by atoms with E-state index in [1.807, 2.05) is 0 Å². The number of fused-ring (bicyclic) bond motifs is 1. The minimum Gasteiger partial charge on any atom is -0.493 e. The second kappa shape index (κ2) is 5.81. The maximum absolute atomic E-state index is 6.33. The Balaban J connectivity index is 1.75. The van der Waals surface area contributed by atoms with Crippen molar-refractivity contribution in [2.24, 2.45) is 5.73 Å². The summed E-state index contributed by atoms with van der Waals surface area (Å²) < 4.78 is 12.7. The van der Waals surface area contributed by atoms with E-state index in [0.29, 0.717) is 0 Å². The third-order valence-electron chi connectivity index (χ3n) is 3.97. The van der Waals surface area contributed by atoms with Crippen LogP contribution in [0.25, 0.3) is 0 Å². The van der Waals surface area contributed by atoms with Crippen molar-refractivity contribution in [1.29, 1.82) is 0 Å². The summed E-state index contributed by atoms with van der Waals surface area (Å²) in [4.78, 5) is 0. The lowest BCUT2D eigenvalue weighted by Gasteiger charge is -2.28. The minimum absolute atomic E-state index is 0.0582. The lowest BCUT2D eigenvalue weighted by Crippen LogP contribution is -2.40. The van der Waals surface area contributed by atoms with Gasteiger partial charge in [0.2, 0.25) is 0 Å². The van der Waals surface area contributed by atoms with Crippen molar-refractivity contribution in [3.8, 4) is 5.75 Å². The molecule has 104 valence electrons. The lowest BCUT2D eigenvalue weighted by molar-refractivity contribution is 0.000554. The predicted octanol–water partition coefficient (Wildman–Crippen LogP) is 2.82. The summed E-state index contributed by atoms with van der Waals surface area (Å²) in [7, 11) is 0. The van der Waals surface area contributed by atoms with Crippen LogP contribution in [0.3, 0.4) is 0 Å². The van der Waals surface area contributed by atoms with E-state index in [1.54, 1.807) is 0 Å². The molecule has 2 unspecified atom stereocenters. The van der Waals surface area contributed by atoms with Crippen LogP contribution < -0.4 is 10.5 Å². The zero-order valence-corrected chi connectivity index (χ0v) is 12.6. The normalized spacial score (nSPS) is 23.8. The van der Waals surface area contributed by atoms with Gasteiger partial charge in [-0.25, -0.2) is 0 Å². The highest BCUT2D eigenvalue weighted by Gasteiger charge is 2.25. The fourth-order valence-corrected chi connectivity index (χ4v) is 3.54. The Morgan fingerprint density at radius 2 is 2.21 bits per heavy atom. The molecule has 19 heavy (non-hydrogen) atoms. The minimum atomic E-state index is 0.0582. The smallest absolute Gasteiger partial charge is 0.125 e. The summed E-state index contributed by atoms with van der Waals surface area (Å²) in [5, 5.41) is 0. The predicted molar refractivity (Wildman–Crippen MR) is 78.6 cm³/mol. The third-order valence-corrected chi connectivity index (χ3v) is 4.43. The van der Waals surface area contributed by atoms with Gasteiger partial charge in [-0.05, 0) is 48.9 Å². The topological polar surface area (TPSA) is 44.5 Å². The first-order valence-corrected chi connectivity index (χ1v) is 7.84. The Kier molecular flexibility index (Phi) is 4.10. The summed E-state index contributed by atoms with van der Waals surface area (Å²) in [5.74, 6) is 1.05. The van der Waals surface area contributed by atoms with E-state index in [0.717, 1.165) is 42.7 Å². The van der Waals surface area contributed by atoms with Crippen LogP contribution in [0.1, 0.15) is 30.4 Å². The van der Waals surface area contributed by atoms with Crippen molar-refractivity contribution in [3.63, 3.8) is 0 Å². The Labute approximate surface area is 122 Å². The van der Waals surface area contributed by atoms with Gasteiger partial charge in [0.15, 0.2) is 0 Å². The van der Waals surface area contributed by atoms with Crippen LogP contribution in [0.2, 0.25) is 0 Å². The molecule has 0 bridgehead atoms. The number of nitrogens with two attached hydrogens (primary N) is 1. The molecular formula is C15H20BrNO2. The molecule has 1 fully saturated rings. The number of rotatable bonds is 3. The van der Waals surface area contributed by atoms with Crippen LogP contribution in [0.5, 0.6) is 5.75 Å². The maximum atomic E-state index is 6.33. The number of benzene rings is 1. The van der Waals surface area contributed by atoms with Crippen LogP contribution >= 0.6 is 15.9 Å². The highest BCUT2D eigenvalue weighted by atomic mass is 79.9. The molecule has 0 saturated carbocycles. The molecule has 4 heteroatoms. The van der Waals surface area contributed by atoms with Crippen molar-refractivity contribution in [2.75, 3.05) is 13.2 Å². The summed E-state index contributed by atoms with van der Waals surface area (Å²) in [6.45, 7) is 1.64. The van der Waals surface area contributed by atoms with Crippen molar-refractivity contribution in [1.82, 2.24) is 0 Å². The average molecular weight is 326 g/mol. The van der Waals surface area contributed by atoms with Crippen molar-refractivity contribution < 1.29 is 9.47 Å². The highest BCUT2D eigenvalue weighted by Crippen LogP contribution is 2.34. The number of hydrogen-bond donors (Lipinski definition) is 1. The van der Waals surface area contributed by atoms with Gasteiger partial charge in [-0.15, -0.1) is 0 Å². The Bertz CT molecular complexity index is 458. The van der Waals surface area contributed by atoms with E-state index >= 15 is 0 Å². The van der Waals surface area contributed by atoms with Crippen molar-refractivity contribution in [3.05, 3.63) is 27.7 Å². The number of hydrogen-bond acceptors (Lipinski definition) is 3. The molecule has 1 saturated heterocycles. The van der Waals surface area contributed by atoms with Gasteiger partial charge in [0.25, 0.3) is 0 Å². The first-order valence-electron chi connectivity index (χ1n) is 7.05. The van der Waals surface area contributed by atoms with E-state index in [-0.39, 0.29) is 12.1 Å². The van der Waals surface area contributed by atoms with Gasteiger partial charge < -0.3 is 15.2 Å². The Morgan fingerprint density at radius 1 is 1.32 bits per heavy atom.